The van der Waals surface area contributed by atoms with Crippen LogP contribution in [0.1, 0.15) is 45.1 Å². The second-order valence-corrected chi connectivity index (χ2v) is 6.33. The third kappa shape index (κ3) is 4.73. The molecule has 1 fully saturated rings. The molecule has 4 nitrogen and oxygen atoms in total. The SMILES string of the molecule is COc1cccc(CN[C@H](C)C(=O)N[C@@H]2CCCC[C@@H]2C)c1. The van der Waals surface area contributed by atoms with Gasteiger partial charge in [-0.3, -0.25) is 4.79 Å². The van der Waals surface area contributed by atoms with E-state index in [4.69, 9.17) is 4.74 Å². The molecule has 0 saturated heterocycles. The maximum atomic E-state index is 12.3. The number of nitrogens with one attached hydrogen (secondary N) is 2. The highest BCUT2D eigenvalue weighted by Gasteiger charge is 2.24. The molecule has 22 heavy (non-hydrogen) atoms. The van der Waals surface area contributed by atoms with Crippen molar-refractivity contribution in [2.45, 2.75) is 58.2 Å². The summed E-state index contributed by atoms with van der Waals surface area (Å²) in [5.41, 5.74) is 1.12. The van der Waals surface area contributed by atoms with Crippen molar-refractivity contribution in [3.8, 4) is 5.75 Å². The quantitative estimate of drug-likeness (QED) is 0.849. The van der Waals surface area contributed by atoms with Crippen molar-refractivity contribution in [1.29, 1.82) is 0 Å². The van der Waals surface area contributed by atoms with Gasteiger partial charge in [0.25, 0.3) is 0 Å². The Bertz CT molecular complexity index is 490. The highest BCUT2D eigenvalue weighted by atomic mass is 16.5. The molecule has 2 rings (SSSR count). The Morgan fingerprint density at radius 1 is 1.36 bits per heavy atom. The fraction of sp³-hybridized carbons (Fsp3) is 0.611. The third-order valence-electron chi connectivity index (χ3n) is 4.58. The van der Waals surface area contributed by atoms with Crippen molar-refractivity contribution in [2.24, 2.45) is 5.92 Å². The zero-order chi connectivity index (χ0) is 15.9. The molecule has 0 spiro atoms. The predicted molar refractivity (Wildman–Crippen MR) is 88.9 cm³/mol. The van der Waals surface area contributed by atoms with Gasteiger partial charge in [-0.1, -0.05) is 31.9 Å². The number of hydrogen-bond donors (Lipinski definition) is 2. The fourth-order valence-corrected chi connectivity index (χ4v) is 2.98. The van der Waals surface area contributed by atoms with Gasteiger partial charge in [-0.2, -0.15) is 0 Å². The fourth-order valence-electron chi connectivity index (χ4n) is 2.98. The Morgan fingerprint density at radius 2 is 2.14 bits per heavy atom. The summed E-state index contributed by atoms with van der Waals surface area (Å²) >= 11 is 0. The Kier molecular flexibility index (Phi) is 6.25. The van der Waals surface area contributed by atoms with Crippen molar-refractivity contribution in [3.63, 3.8) is 0 Å². The van der Waals surface area contributed by atoms with Crippen molar-refractivity contribution >= 4 is 5.91 Å². The summed E-state index contributed by atoms with van der Waals surface area (Å²) in [4.78, 5) is 12.3. The van der Waals surface area contributed by atoms with Crippen molar-refractivity contribution in [3.05, 3.63) is 29.8 Å². The van der Waals surface area contributed by atoms with E-state index in [0.29, 0.717) is 18.5 Å². The Labute approximate surface area is 133 Å². The average Bonchev–Trinajstić information content (AvgIpc) is 2.54. The molecule has 1 aliphatic rings. The van der Waals surface area contributed by atoms with E-state index in [2.05, 4.69) is 17.6 Å². The van der Waals surface area contributed by atoms with Crippen LogP contribution in [0.3, 0.4) is 0 Å². The molecular formula is C18H28N2O2. The number of ether oxygens (including phenoxy) is 1. The molecule has 4 heteroatoms. The van der Waals surface area contributed by atoms with Crippen LogP contribution in [0.4, 0.5) is 0 Å². The van der Waals surface area contributed by atoms with Crippen molar-refractivity contribution in [2.75, 3.05) is 7.11 Å². The van der Waals surface area contributed by atoms with Crippen LogP contribution in [0.15, 0.2) is 24.3 Å². The van der Waals surface area contributed by atoms with Crippen LogP contribution in [-0.2, 0) is 11.3 Å². The first-order valence-corrected chi connectivity index (χ1v) is 8.27. The molecule has 0 aliphatic heterocycles. The molecule has 0 heterocycles. The predicted octanol–water partition coefficient (Wildman–Crippen LogP) is 2.87. The first kappa shape index (κ1) is 16.8. The van der Waals surface area contributed by atoms with Gasteiger partial charge in [0.15, 0.2) is 0 Å². The monoisotopic (exact) mass is 304 g/mol. The van der Waals surface area contributed by atoms with Crippen molar-refractivity contribution < 1.29 is 9.53 Å². The first-order valence-electron chi connectivity index (χ1n) is 8.27. The molecule has 0 bridgehead atoms. The maximum Gasteiger partial charge on any atom is 0.237 e. The molecule has 3 atom stereocenters. The summed E-state index contributed by atoms with van der Waals surface area (Å²) in [6, 6.07) is 8.04. The molecular weight excluding hydrogens is 276 g/mol. The molecule has 1 aromatic rings. The maximum absolute atomic E-state index is 12.3. The van der Waals surface area contributed by atoms with Gasteiger partial charge >= 0.3 is 0 Å². The Balaban J connectivity index is 1.80. The van der Waals surface area contributed by atoms with E-state index in [-0.39, 0.29) is 11.9 Å². The molecule has 2 N–H and O–H groups in total. The highest BCUT2D eigenvalue weighted by molar-refractivity contribution is 5.81. The van der Waals surface area contributed by atoms with Crippen LogP contribution < -0.4 is 15.4 Å². The van der Waals surface area contributed by atoms with E-state index >= 15 is 0 Å². The topological polar surface area (TPSA) is 50.4 Å². The zero-order valence-electron chi connectivity index (χ0n) is 13.9. The van der Waals surface area contributed by atoms with Gasteiger partial charge in [-0.05, 0) is 43.4 Å². The van der Waals surface area contributed by atoms with Gasteiger partial charge in [0.05, 0.1) is 13.2 Å². The molecule has 1 saturated carbocycles. The van der Waals surface area contributed by atoms with Gasteiger partial charge in [-0.15, -0.1) is 0 Å². The van der Waals surface area contributed by atoms with E-state index < -0.39 is 0 Å². The second-order valence-electron chi connectivity index (χ2n) is 6.33. The van der Waals surface area contributed by atoms with Crippen LogP contribution >= 0.6 is 0 Å². The summed E-state index contributed by atoms with van der Waals surface area (Å²) in [5, 5.41) is 6.49. The van der Waals surface area contributed by atoms with Crippen LogP contribution in [-0.4, -0.2) is 25.1 Å². The van der Waals surface area contributed by atoms with Crippen LogP contribution in [0.25, 0.3) is 0 Å². The molecule has 1 aliphatic carbocycles. The van der Waals surface area contributed by atoms with E-state index in [1.165, 1.54) is 19.3 Å². The van der Waals surface area contributed by atoms with E-state index in [1.54, 1.807) is 7.11 Å². The molecule has 1 amide bonds. The van der Waals surface area contributed by atoms with Crippen LogP contribution in [0.2, 0.25) is 0 Å². The number of methoxy groups -OCH3 is 1. The lowest BCUT2D eigenvalue weighted by Gasteiger charge is -2.30. The van der Waals surface area contributed by atoms with Gasteiger partial charge in [-0.25, -0.2) is 0 Å². The number of carbonyl (C=O) groups is 1. The summed E-state index contributed by atoms with van der Waals surface area (Å²) < 4.78 is 5.21. The standard InChI is InChI=1S/C18H28N2O2/c1-13-7-4-5-10-17(13)20-18(21)14(2)19-12-15-8-6-9-16(11-15)22-3/h6,8-9,11,13-14,17,19H,4-5,7,10,12H2,1-3H3,(H,20,21)/t13-,14+,17+/m0/s1. The first-order chi connectivity index (χ1) is 10.6. The second kappa shape index (κ2) is 8.18. The summed E-state index contributed by atoms with van der Waals surface area (Å²) in [6.45, 7) is 4.81. The molecule has 0 radical (unpaired) electrons. The minimum atomic E-state index is -0.194. The van der Waals surface area contributed by atoms with Gasteiger partial charge in [0, 0.05) is 12.6 Å². The van der Waals surface area contributed by atoms with Crippen LogP contribution in [0, 0.1) is 5.92 Å². The minimum Gasteiger partial charge on any atom is -0.497 e. The smallest absolute Gasteiger partial charge is 0.237 e. The lowest BCUT2D eigenvalue weighted by atomic mass is 9.86. The molecule has 0 unspecified atom stereocenters. The minimum absolute atomic E-state index is 0.0987. The Morgan fingerprint density at radius 3 is 2.86 bits per heavy atom. The molecule has 122 valence electrons. The number of hydrogen-bond acceptors (Lipinski definition) is 3. The average molecular weight is 304 g/mol. The lowest BCUT2D eigenvalue weighted by molar-refractivity contribution is -0.124. The van der Waals surface area contributed by atoms with Crippen LogP contribution in [0.5, 0.6) is 5.75 Å². The normalized spacial score (nSPS) is 22.9. The summed E-state index contributed by atoms with van der Waals surface area (Å²) in [7, 11) is 1.66. The van der Waals surface area contributed by atoms with E-state index in [1.807, 2.05) is 31.2 Å². The number of benzene rings is 1. The summed E-state index contributed by atoms with van der Waals surface area (Å²) in [5.74, 6) is 1.53. The van der Waals surface area contributed by atoms with Gasteiger partial charge in [0.2, 0.25) is 5.91 Å². The molecule has 1 aromatic carbocycles. The third-order valence-corrected chi connectivity index (χ3v) is 4.58. The van der Waals surface area contributed by atoms with E-state index in [0.717, 1.165) is 17.7 Å². The largest absolute Gasteiger partial charge is 0.497 e. The summed E-state index contributed by atoms with van der Waals surface area (Å²) in [6.07, 6.45) is 4.84. The number of carbonyl (C=O) groups excluding carboxylic acids is 1. The van der Waals surface area contributed by atoms with E-state index in [9.17, 15) is 4.79 Å². The Hall–Kier alpha value is -1.55. The number of amides is 1. The molecule has 0 aromatic heterocycles. The highest BCUT2D eigenvalue weighted by Crippen LogP contribution is 2.23. The zero-order valence-corrected chi connectivity index (χ0v) is 13.9. The number of rotatable bonds is 6. The van der Waals surface area contributed by atoms with Crippen molar-refractivity contribution in [1.82, 2.24) is 10.6 Å². The lowest BCUT2D eigenvalue weighted by Crippen LogP contribution is -2.48. The van der Waals surface area contributed by atoms with Gasteiger partial charge in [0.1, 0.15) is 5.75 Å². The van der Waals surface area contributed by atoms with Gasteiger partial charge < -0.3 is 15.4 Å².